The molecular formula is C67H122O6. The molecule has 1 unspecified atom stereocenters. The highest BCUT2D eigenvalue weighted by Gasteiger charge is 2.19. The molecule has 6 nitrogen and oxygen atoms in total. The van der Waals surface area contributed by atoms with E-state index in [1.165, 1.54) is 218 Å². The highest BCUT2D eigenvalue weighted by Crippen LogP contribution is 2.17. The maximum Gasteiger partial charge on any atom is 0.306 e. The van der Waals surface area contributed by atoms with Gasteiger partial charge in [-0.1, -0.05) is 294 Å². The number of hydrogen-bond donors (Lipinski definition) is 0. The molecule has 0 aliphatic rings. The Morgan fingerprint density at radius 1 is 0.274 bits per heavy atom. The lowest BCUT2D eigenvalue weighted by Gasteiger charge is -2.18. The Morgan fingerprint density at radius 2 is 0.521 bits per heavy atom. The second-order valence-electron chi connectivity index (χ2n) is 21.7. The van der Waals surface area contributed by atoms with Crippen LogP contribution in [0.4, 0.5) is 0 Å². The van der Waals surface area contributed by atoms with Crippen LogP contribution in [0.5, 0.6) is 0 Å². The lowest BCUT2D eigenvalue weighted by atomic mass is 10.0. The molecule has 0 N–H and O–H groups in total. The molecule has 0 bridgehead atoms. The van der Waals surface area contributed by atoms with Gasteiger partial charge in [0.2, 0.25) is 0 Å². The van der Waals surface area contributed by atoms with Crippen molar-refractivity contribution in [2.45, 2.75) is 348 Å². The van der Waals surface area contributed by atoms with Gasteiger partial charge in [-0.15, -0.1) is 0 Å². The van der Waals surface area contributed by atoms with E-state index >= 15 is 0 Å². The largest absolute Gasteiger partial charge is 0.462 e. The van der Waals surface area contributed by atoms with Gasteiger partial charge in [0.05, 0.1) is 0 Å². The van der Waals surface area contributed by atoms with E-state index in [1.54, 1.807) is 0 Å². The fraction of sp³-hybridized carbons (Fsp3) is 0.836. The van der Waals surface area contributed by atoms with Gasteiger partial charge in [0.15, 0.2) is 6.10 Å². The Morgan fingerprint density at radius 3 is 0.836 bits per heavy atom. The Kier molecular flexibility index (Phi) is 59.7. The summed E-state index contributed by atoms with van der Waals surface area (Å²) in [5.41, 5.74) is 0. The number of rotatable bonds is 59. The third kappa shape index (κ3) is 60.1. The van der Waals surface area contributed by atoms with Crippen LogP contribution in [0.2, 0.25) is 0 Å². The van der Waals surface area contributed by atoms with Gasteiger partial charge in [-0.25, -0.2) is 0 Å². The molecule has 0 radical (unpaired) electrons. The second kappa shape index (κ2) is 61.9. The monoisotopic (exact) mass is 1020 g/mol. The van der Waals surface area contributed by atoms with Gasteiger partial charge in [0.25, 0.3) is 0 Å². The number of hydrogen-bond acceptors (Lipinski definition) is 6. The molecule has 0 amide bonds. The van der Waals surface area contributed by atoms with Crippen molar-refractivity contribution < 1.29 is 28.6 Å². The van der Waals surface area contributed by atoms with E-state index in [9.17, 15) is 14.4 Å². The summed E-state index contributed by atoms with van der Waals surface area (Å²) in [5, 5.41) is 0. The Labute approximate surface area is 454 Å². The molecule has 73 heavy (non-hydrogen) atoms. The van der Waals surface area contributed by atoms with E-state index in [0.29, 0.717) is 19.3 Å². The maximum absolute atomic E-state index is 12.9. The SMILES string of the molecule is CCC/C=C\CCCCCCCC(=O)OCC(COC(=O)CCCCCCCCCCCCCCCC/C=C\C/C=C\C/C=C\CCCCCCC)OC(=O)CCCCCCCCCCCCCCCCCC. The molecule has 0 aromatic carbocycles. The van der Waals surface area contributed by atoms with Crippen LogP contribution in [0, 0.1) is 0 Å². The predicted octanol–water partition coefficient (Wildman–Crippen LogP) is 21.8. The molecule has 426 valence electrons. The average Bonchev–Trinajstić information content (AvgIpc) is 3.39. The average molecular weight is 1020 g/mol. The molecule has 0 heterocycles. The molecule has 0 aliphatic carbocycles. The lowest BCUT2D eigenvalue weighted by molar-refractivity contribution is -0.167. The molecule has 0 spiro atoms. The standard InChI is InChI=1S/C67H122O6/c1-4-7-10-13-16-19-22-24-26-28-29-30-31-32-33-34-35-36-37-38-39-40-42-43-45-48-51-54-57-60-66(69)72-63-64(62-71-65(68)59-56-53-50-47-21-18-15-12-9-6-3)73-67(70)61-58-55-52-49-46-44-41-27-25-23-20-17-14-11-8-5-2/h12,15,22,24,28-29,31-32,64H,4-11,13-14,16-21,23,25-27,30,33-63H2,1-3H3/b15-12-,24-22-,29-28-,32-31-. The fourth-order valence-corrected chi connectivity index (χ4v) is 9.46. The van der Waals surface area contributed by atoms with Gasteiger partial charge in [-0.3, -0.25) is 14.4 Å². The molecule has 0 rings (SSSR count). The minimum Gasteiger partial charge on any atom is -0.462 e. The molecular weight excluding hydrogens is 901 g/mol. The van der Waals surface area contributed by atoms with Crippen molar-refractivity contribution in [2.75, 3.05) is 13.2 Å². The van der Waals surface area contributed by atoms with Crippen LogP contribution in [0.1, 0.15) is 342 Å². The first-order valence-corrected chi connectivity index (χ1v) is 32.1. The Hall–Kier alpha value is -2.63. The van der Waals surface area contributed by atoms with Crippen molar-refractivity contribution in [3.05, 3.63) is 48.6 Å². The third-order valence-electron chi connectivity index (χ3n) is 14.3. The van der Waals surface area contributed by atoms with Gasteiger partial charge in [0.1, 0.15) is 13.2 Å². The van der Waals surface area contributed by atoms with Crippen molar-refractivity contribution in [2.24, 2.45) is 0 Å². The van der Waals surface area contributed by atoms with Gasteiger partial charge in [-0.05, 0) is 77.0 Å². The van der Waals surface area contributed by atoms with E-state index in [0.717, 1.165) is 83.5 Å². The van der Waals surface area contributed by atoms with E-state index < -0.39 is 6.10 Å². The van der Waals surface area contributed by atoms with Crippen molar-refractivity contribution >= 4 is 17.9 Å². The quantitative estimate of drug-likeness (QED) is 0.0261. The first kappa shape index (κ1) is 70.4. The first-order chi connectivity index (χ1) is 36.0. The molecule has 0 aromatic rings. The molecule has 0 saturated carbocycles. The summed E-state index contributed by atoms with van der Waals surface area (Å²) in [6, 6.07) is 0. The number of esters is 3. The van der Waals surface area contributed by atoms with Crippen LogP contribution in [0.25, 0.3) is 0 Å². The minimum atomic E-state index is -0.773. The zero-order chi connectivity index (χ0) is 52.9. The number of unbranched alkanes of at least 4 members (excludes halogenated alkanes) is 40. The molecule has 0 saturated heterocycles. The van der Waals surface area contributed by atoms with Gasteiger partial charge in [0, 0.05) is 19.3 Å². The van der Waals surface area contributed by atoms with E-state index in [2.05, 4.69) is 69.4 Å². The molecule has 1 atom stereocenters. The summed E-state index contributed by atoms with van der Waals surface area (Å²) < 4.78 is 16.9. The number of allylic oxidation sites excluding steroid dienone is 8. The van der Waals surface area contributed by atoms with Crippen molar-refractivity contribution in [3.8, 4) is 0 Å². The Bertz CT molecular complexity index is 1270. The zero-order valence-corrected chi connectivity index (χ0v) is 48.9. The van der Waals surface area contributed by atoms with Gasteiger partial charge < -0.3 is 14.2 Å². The Balaban J connectivity index is 4.14. The van der Waals surface area contributed by atoms with Crippen molar-refractivity contribution in [3.63, 3.8) is 0 Å². The second-order valence-corrected chi connectivity index (χ2v) is 21.7. The summed E-state index contributed by atoms with van der Waals surface area (Å²) in [6.45, 7) is 6.61. The zero-order valence-electron chi connectivity index (χ0n) is 48.9. The van der Waals surface area contributed by atoms with Crippen molar-refractivity contribution in [1.82, 2.24) is 0 Å². The number of ether oxygens (including phenoxy) is 3. The summed E-state index contributed by atoms with van der Waals surface area (Å²) in [6.07, 6.45) is 77.0. The van der Waals surface area contributed by atoms with Crippen LogP contribution in [0.15, 0.2) is 48.6 Å². The van der Waals surface area contributed by atoms with Crippen LogP contribution in [0.3, 0.4) is 0 Å². The van der Waals surface area contributed by atoms with Gasteiger partial charge in [-0.2, -0.15) is 0 Å². The third-order valence-corrected chi connectivity index (χ3v) is 14.3. The highest BCUT2D eigenvalue weighted by molar-refractivity contribution is 5.71. The van der Waals surface area contributed by atoms with Crippen LogP contribution >= 0.6 is 0 Å². The number of carbonyl (C=O) groups excluding carboxylic acids is 3. The summed E-state index contributed by atoms with van der Waals surface area (Å²) >= 11 is 0. The maximum atomic E-state index is 12.9. The first-order valence-electron chi connectivity index (χ1n) is 32.1. The summed E-state index contributed by atoms with van der Waals surface area (Å²) in [5.74, 6) is -0.865. The highest BCUT2D eigenvalue weighted by atomic mass is 16.6. The fourth-order valence-electron chi connectivity index (χ4n) is 9.46. The van der Waals surface area contributed by atoms with Crippen LogP contribution < -0.4 is 0 Å². The van der Waals surface area contributed by atoms with E-state index in [4.69, 9.17) is 14.2 Å². The van der Waals surface area contributed by atoms with Crippen LogP contribution in [-0.4, -0.2) is 37.2 Å². The lowest BCUT2D eigenvalue weighted by Crippen LogP contribution is -2.30. The topological polar surface area (TPSA) is 78.9 Å². The normalized spacial score (nSPS) is 12.3. The minimum absolute atomic E-state index is 0.0720. The molecule has 0 aromatic heterocycles. The molecule has 0 fully saturated rings. The van der Waals surface area contributed by atoms with Crippen molar-refractivity contribution in [1.29, 1.82) is 0 Å². The summed E-state index contributed by atoms with van der Waals surface area (Å²) in [4.78, 5) is 38.2. The molecule has 0 aliphatic heterocycles. The number of carbonyl (C=O) groups is 3. The summed E-state index contributed by atoms with van der Waals surface area (Å²) in [7, 11) is 0. The van der Waals surface area contributed by atoms with E-state index in [-0.39, 0.29) is 31.1 Å². The van der Waals surface area contributed by atoms with Gasteiger partial charge >= 0.3 is 17.9 Å². The van der Waals surface area contributed by atoms with Crippen LogP contribution in [-0.2, 0) is 28.6 Å². The predicted molar refractivity (Wildman–Crippen MR) is 316 cm³/mol. The smallest absolute Gasteiger partial charge is 0.306 e. The van der Waals surface area contributed by atoms with E-state index in [1.807, 2.05) is 0 Å². The molecule has 6 heteroatoms.